The fraction of sp³-hybridized carbons (Fsp3) is 0.643. The lowest BCUT2D eigenvalue weighted by Gasteiger charge is -2.25. The molecule has 1 saturated heterocycles. The highest BCUT2D eigenvalue weighted by Crippen LogP contribution is 2.31. The van der Waals surface area contributed by atoms with Gasteiger partial charge in [-0.2, -0.15) is 5.26 Å². The fourth-order valence-electron chi connectivity index (χ4n) is 2.62. The van der Waals surface area contributed by atoms with Crippen molar-refractivity contribution >= 4 is 11.3 Å². The average molecular weight is 248 g/mol. The predicted octanol–water partition coefficient (Wildman–Crippen LogP) is 3.81. The second-order valence-corrected chi connectivity index (χ2v) is 6.31. The highest BCUT2D eigenvalue weighted by molar-refractivity contribution is 7.12. The van der Waals surface area contributed by atoms with Crippen molar-refractivity contribution in [3.8, 4) is 6.07 Å². The lowest BCUT2D eigenvalue weighted by atomic mass is 10.1. The third-order valence-electron chi connectivity index (χ3n) is 3.50. The summed E-state index contributed by atoms with van der Waals surface area (Å²) >= 11 is 1.80. The molecule has 0 aromatic carbocycles. The van der Waals surface area contributed by atoms with Gasteiger partial charge in [0.15, 0.2) is 0 Å². The molecule has 1 unspecified atom stereocenters. The molecule has 0 amide bonds. The van der Waals surface area contributed by atoms with Crippen LogP contribution in [0.15, 0.2) is 6.07 Å². The van der Waals surface area contributed by atoms with Gasteiger partial charge in [-0.25, -0.2) is 0 Å². The minimum Gasteiger partial charge on any atom is -0.284 e. The minimum atomic E-state index is -0.0296. The monoisotopic (exact) mass is 248 g/mol. The molecule has 0 N–H and O–H groups in total. The van der Waals surface area contributed by atoms with E-state index in [0.717, 1.165) is 13.1 Å². The van der Waals surface area contributed by atoms with E-state index < -0.39 is 0 Å². The van der Waals surface area contributed by atoms with E-state index in [-0.39, 0.29) is 6.04 Å². The van der Waals surface area contributed by atoms with Crippen molar-refractivity contribution in [2.24, 2.45) is 0 Å². The van der Waals surface area contributed by atoms with Crippen molar-refractivity contribution in [1.29, 1.82) is 5.26 Å². The Morgan fingerprint density at radius 1 is 1.24 bits per heavy atom. The van der Waals surface area contributed by atoms with Crippen LogP contribution in [0.2, 0.25) is 0 Å². The molecule has 0 saturated carbocycles. The lowest BCUT2D eigenvalue weighted by molar-refractivity contribution is 0.245. The van der Waals surface area contributed by atoms with Crippen molar-refractivity contribution < 1.29 is 0 Å². The number of hydrogen-bond acceptors (Lipinski definition) is 3. The molecular weight excluding hydrogens is 228 g/mol. The second-order valence-electron chi connectivity index (χ2n) is 4.85. The molecule has 17 heavy (non-hydrogen) atoms. The van der Waals surface area contributed by atoms with E-state index in [9.17, 15) is 5.26 Å². The summed E-state index contributed by atoms with van der Waals surface area (Å²) in [6.07, 6.45) is 5.10. The van der Waals surface area contributed by atoms with Gasteiger partial charge in [0.2, 0.25) is 0 Å². The van der Waals surface area contributed by atoms with E-state index in [1.165, 1.54) is 41.0 Å². The molecule has 1 aromatic heterocycles. The maximum atomic E-state index is 9.47. The van der Waals surface area contributed by atoms with Gasteiger partial charge in [-0.15, -0.1) is 11.3 Å². The molecule has 1 aliphatic rings. The number of nitriles is 1. The summed E-state index contributed by atoms with van der Waals surface area (Å²) in [7, 11) is 0. The van der Waals surface area contributed by atoms with Crippen molar-refractivity contribution in [2.75, 3.05) is 13.1 Å². The standard InChI is InChI=1S/C14H20N2S/c1-11-9-13(12(2)17-11)14(10-15)16-7-5-3-4-6-8-16/h9,14H,3-8H2,1-2H3. The third kappa shape index (κ3) is 2.88. The molecular formula is C14H20N2S. The molecule has 3 heteroatoms. The summed E-state index contributed by atoms with van der Waals surface area (Å²) in [6, 6.07) is 4.67. The number of rotatable bonds is 2. The highest BCUT2D eigenvalue weighted by atomic mass is 32.1. The van der Waals surface area contributed by atoms with Gasteiger partial charge < -0.3 is 0 Å². The molecule has 2 nitrogen and oxygen atoms in total. The van der Waals surface area contributed by atoms with E-state index in [2.05, 4.69) is 30.9 Å². The van der Waals surface area contributed by atoms with Gasteiger partial charge in [0.1, 0.15) is 6.04 Å². The van der Waals surface area contributed by atoms with Gasteiger partial charge >= 0.3 is 0 Å². The Bertz CT molecular complexity index is 408. The quantitative estimate of drug-likeness (QED) is 0.796. The highest BCUT2D eigenvalue weighted by Gasteiger charge is 2.23. The fourth-order valence-corrected chi connectivity index (χ4v) is 3.58. The van der Waals surface area contributed by atoms with Crippen molar-refractivity contribution in [2.45, 2.75) is 45.6 Å². The van der Waals surface area contributed by atoms with Gasteiger partial charge in [0.05, 0.1) is 6.07 Å². The average Bonchev–Trinajstić information content (AvgIpc) is 2.55. The molecule has 2 heterocycles. The number of likely N-dealkylation sites (tertiary alicyclic amines) is 1. The Morgan fingerprint density at radius 2 is 1.88 bits per heavy atom. The first-order chi connectivity index (χ1) is 8.22. The first kappa shape index (κ1) is 12.6. The van der Waals surface area contributed by atoms with Gasteiger partial charge in [-0.3, -0.25) is 4.90 Å². The number of aryl methyl sites for hydroxylation is 2. The summed E-state index contributed by atoms with van der Waals surface area (Å²) in [4.78, 5) is 4.98. The van der Waals surface area contributed by atoms with Crippen LogP contribution in [-0.4, -0.2) is 18.0 Å². The molecule has 1 atom stereocenters. The maximum absolute atomic E-state index is 9.47. The van der Waals surface area contributed by atoms with Crippen LogP contribution in [0.25, 0.3) is 0 Å². The van der Waals surface area contributed by atoms with E-state index in [1.807, 2.05) is 0 Å². The van der Waals surface area contributed by atoms with Crippen LogP contribution >= 0.6 is 11.3 Å². The SMILES string of the molecule is Cc1cc(C(C#N)N2CCCCCC2)c(C)s1. The zero-order chi connectivity index (χ0) is 12.3. The van der Waals surface area contributed by atoms with Crippen LogP contribution in [0.4, 0.5) is 0 Å². The number of nitrogens with zero attached hydrogens (tertiary/aromatic N) is 2. The molecule has 0 aliphatic carbocycles. The molecule has 0 bridgehead atoms. The molecule has 0 radical (unpaired) electrons. The van der Waals surface area contributed by atoms with Crippen LogP contribution in [0.5, 0.6) is 0 Å². The molecule has 1 aliphatic heterocycles. The topological polar surface area (TPSA) is 27.0 Å². The Labute approximate surface area is 108 Å². The van der Waals surface area contributed by atoms with E-state index >= 15 is 0 Å². The summed E-state index contributed by atoms with van der Waals surface area (Å²) in [5, 5.41) is 9.47. The minimum absolute atomic E-state index is 0.0296. The van der Waals surface area contributed by atoms with E-state index in [0.29, 0.717) is 0 Å². The Morgan fingerprint density at radius 3 is 2.35 bits per heavy atom. The zero-order valence-corrected chi connectivity index (χ0v) is 11.5. The van der Waals surface area contributed by atoms with Crippen LogP contribution in [0, 0.1) is 25.2 Å². The molecule has 2 rings (SSSR count). The Kier molecular flexibility index (Phi) is 4.20. The van der Waals surface area contributed by atoms with Crippen molar-refractivity contribution in [3.05, 3.63) is 21.4 Å². The Hall–Kier alpha value is -0.850. The predicted molar refractivity (Wildman–Crippen MR) is 72.2 cm³/mol. The third-order valence-corrected chi connectivity index (χ3v) is 4.48. The van der Waals surface area contributed by atoms with Crippen LogP contribution in [-0.2, 0) is 0 Å². The summed E-state index contributed by atoms with van der Waals surface area (Å²) in [5.74, 6) is 0. The normalized spacial score (nSPS) is 19.6. The van der Waals surface area contributed by atoms with Gasteiger partial charge in [0, 0.05) is 9.75 Å². The largest absolute Gasteiger partial charge is 0.284 e. The number of hydrogen-bond donors (Lipinski definition) is 0. The van der Waals surface area contributed by atoms with E-state index in [4.69, 9.17) is 0 Å². The van der Waals surface area contributed by atoms with E-state index in [1.54, 1.807) is 11.3 Å². The van der Waals surface area contributed by atoms with Crippen LogP contribution in [0.3, 0.4) is 0 Å². The lowest BCUT2D eigenvalue weighted by Crippen LogP contribution is -2.29. The maximum Gasteiger partial charge on any atom is 0.124 e. The van der Waals surface area contributed by atoms with Crippen molar-refractivity contribution in [3.63, 3.8) is 0 Å². The summed E-state index contributed by atoms with van der Waals surface area (Å²) in [6.45, 7) is 6.41. The second kappa shape index (κ2) is 5.66. The van der Waals surface area contributed by atoms with Gasteiger partial charge in [0.25, 0.3) is 0 Å². The van der Waals surface area contributed by atoms with Crippen LogP contribution < -0.4 is 0 Å². The molecule has 1 aromatic rings. The summed E-state index contributed by atoms with van der Waals surface area (Å²) < 4.78 is 0. The molecule has 92 valence electrons. The van der Waals surface area contributed by atoms with Gasteiger partial charge in [-0.05, 0) is 51.4 Å². The number of thiophene rings is 1. The summed E-state index contributed by atoms with van der Waals surface area (Å²) in [5.41, 5.74) is 1.23. The van der Waals surface area contributed by atoms with Crippen LogP contribution in [0.1, 0.15) is 47.0 Å². The van der Waals surface area contributed by atoms with Gasteiger partial charge in [-0.1, -0.05) is 12.8 Å². The van der Waals surface area contributed by atoms with Crippen molar-refractivity contribution in [1.82, 2.24) is 4.90 Å². The first-order valence-electron chi connectivity index (χ1n) is 6.43. The molecule has 0 spiro atoms. The smallest absolute Gasteiger partial charge is 0.124 e. The zero-order valence-electron chi connectivity index (χ0n) is 10.7. The molecule has 1 fully saturated rings. The first-order valence-corrected chi connectivity index (χ1v) is 7.24. The Balaban J connectivity index is 2.20.